The molecule has 108 valence electrons. The van der Waals surface area contributed by atoms with Gasteiger partial charge in [0.25, 0.3) is 0 Å². The lowest BCUT2D eigenvalue weighted by atomic mass is 10.1. The molecule has 2 aromatic rings. The summed E-state index contributed by atoms with van der Waals surface area (Å²) in [5.74, 6) is 0.338. The standard InChI is InChI=1S/C15H15FN4O/c1-17-14-7-13-10(8-18-14)9-20(15(21)19(13)2)12-5-3-4-11(16)6-12/h3-8H,9H2,1-2H3,(H,17,18). The number of hydrogen-bond donors (Lipinski definition) is 1. The van der Waals surface area contributed by atoms with Crippen molar-refractivity contribution in [2.75, 3.05) is 29.2 Å². The van der Waals surface area contributed by atoms with Gasteiger partial charge in [-0.1, -0.05) is 6.07 Å². The van der Waals surface area contributed by atoms with Crippen molar-refractivity contribution in [3.8, 4) is 0 Å². The van der Waals surface area contributed by atoms with Gasteiger partial charge >= 0.3 is 6.03 Å². The van der Waals surface area contributed by atoms with Crippen LogP contribution in [0, 0.1) is 5.82 Å². The Kier molecular flexibility index (Phi) is 3.21. The van der Waals surface area contributed by atoms with Crippen molar-refractivity contribution < 1.29 is 9.18 Å². The first kappa shape index (κ1) is 13.4. The normalized spacial score (nSPS) is 14.1. The van der Waals surface area contributed by atoms with E-state index in [-0.39, 0.29) is 11.8 Å². The number of urea groups is 1. The Balaban J connectivity index is 2.02. The Hall–Kier alpha value is -2.63. The molecule has 2 heterocycles. The maximum absolute atomic E-state index is 13.4. The van der Waals surface area contributed by atoms with Gasteiger partial charge in [0, 0.05) is 37.6 Å². The van der Waals surface area contributed by atoms with Crippen LogP contribution in [0.3, 0.4) is 0 Å². The van der Waals surface area contributed by atoms with Gasteiger partial charge in [-0.15, -0.1) is 0 Å². The predicted molar refractivity (Wildman–Crippen MR) is 80.2 cm³/mol. The topological polar surface area (TPSA) is 48.5 Å². The van der Waals surface area contributed by atoms with Gasteiger partial charge in [-0.05, 0) is 18.2 Å². The zero-order valence-corrected chi connectivity index (χ0v) is 11.8. The molecule has 0 radical (unpaired) electrons. The molecule has 1 aromatic heterocycles. The minimum Gasteiger partial charge on any atom is -0.373 e. The molecule has 0 spiro atoms. The quantitative estimate of drug-likeness (QED) is 0.923. The number of amides is 2. The van der Waals surface area contributed by atoms with E-state index in [1.807, 2.05) is 6.07 Å². The van der Waals surface area contributed by atoms with Crippen molar-refractivity contribution >= 4 is 23.2 Å². The van der Waals surface area contributed by atoms with Crippen molar-refractivity contribution in [1.82, 2.24) is 4.98 Å². The fourth-order valence-electron chi connectivity index (χ4n) is 2.41. The zero-order chi connectivity index (χ0) is 15.0. The first-order valence-electron chi connectivity index (χ1n) is 6.57. The van der Waals surface area contributed by atoms with E-state index in [0.29, 0.717) is 18.1 Å². The Morgan fingerprint density at radius 1 is 1.33 bits per heavy atom. The number of halogens is 1. The molecule has 1 N–H and O–H groups in total. The SMILES string of the molecule is CNc1cc2c(cn1)CN(c1cccc(F)c1)C(=O)N2C. The van der Waals surface area contributed by atoms with Gasteiger partial charge < -0.3 is 5.32 Å². The lowest BCUT2D eigenvalue weighted by molar-refractivity contribution is 0.251. The highest BCUT2D eigenvalue weighted by Crippen LogP contribution is 2.31. The van der Waals surface area contributed by atoms with Crippen molar-refractivity contribution in [3.05, 3.63) is 47.9 Å². The van der Waals surface area contributed by atoms with E-state index in [1.165, 1.54) is 17.0 Å². The Bertz CT molecular complexity index is 704. The number of nitrogens with zero attached hydrogens (tertiary/aromatic N) is 3. The molecule has 0 saturated heterocycles. The van der Waals surface area contributed by atoms with Gasteiger partial charge in [-0.3, -0.25) is 9.80 Å². The molecule has 5 nitrogen and oxygen atoms in total. The summed E-state index contributed by atoms with van der Waals surface area (Å²) in [6.07, 6.45) is 1.73. The van der Waals surface area contributed by atoms with E-state index < -0.39 is 0 Å². The molecule has 21 heavy (non-hydrogen) atoms. The van der Waals surface area contributed by atoms with Crippen LogP contribution in [0.5, 0.6) is 0 Å². The van der Waals surface area contributed by atoms with Crippen molar-refractivity contribution in [3.63, 3.8) is 0 Å². The summed E-state index contributed by atoms with van der Waals surface area (Å²) < 4.78 is 13.4. The largest absolute Gasteiger partial charge is 0.373 e. The number of aromatic nitrogens is 1. The van der Waals surface area contributed by atoms with Gasteiger partial charge in [0.1, 0.15) is 11.6 Å². The van der Waals surface area contributed by atoms with Crippen LogP contribution in [0.1, 0.15) is 5.56 Å². The second-order valence-electron chi connectivity index (χ2n) is 4.86. The highest BCUT2D eigenvalue weighted by atomic mass is 19.1. The first-order chi connectivity index (χ1) is 10.1. The second kappa shape index (κ2) is 5.05. The van der Waals surface area contributed by atoms with Crippen LogP contribution in [0.4, 0.5) is 26.4 Å². The third-order valence-corrected chi connectivity index (χ3v) is 3.55. The number of carbonyl (C=O) groups is 1. The number of carbonyl (C=O) groups excluding carboxylic acids is 1. The molecule has 1 aliphatic heterocycles. The first-order valence-corrected chi connectivity index (χ1v) is 6.57. The minimum atomic E-state index is -0.364. The Labute approximate surface area is 122 Å². The Morgan fingerprint density at radius 3 is 2.86 bits per heavy atom. The van der Waals surface area contributed by atoms with Crippen molar-refractivity contribution in [2.24, 2.45) is 0 Å². The number of rotatable bonds is 2. The number of pyridine rings is 1. The summed E-state index contributed by atoms with van der Waals surface area (Å²) in [5, 5.41) is 2.95. The smallest absolute Gasteiger partial charge is 0.329 e. The molecule has 2 amide bonds. The second-order valence-corrected chi connectivity index (χ2v) is 4.86. The number of nitrogens with one attached hydrogen (secondary N) is 1. The molecule has 0 saturated carbocycles. The molecule has 0 bridgehead atoms. The highest BCUT2D eigenvalue weighted by Gasteiger charge is 2.29. The molecule has 0 unspecified atom stereocenters. The van der Waals surface area contributed by atoms with Crippen LogP contribution in [-0.2, 0) is 6.54 Å². The van der Waals surface area contributed by atoms with E-state index >= 15 is 0 Å². The van der Waals surface area contributed by atoms with Crippen molar-refractivity contribution in [1.29, 1.82) is 0 Å². The average Bonchev–Trinajstić information content (AvgIpc) is 2.50. The third kappa shape index (κ3) is 2.29. The molecule has 0 atom stereocenters. The van der Waals surface area contributed by atoms with Gasteiger partial charge in [-0.25, -0.2) is 14.2 Å². The third-order valence-electron chi connectivity index (χ3n) is 3.55. The summed E-state index contributed by atoms with van der Waals surface area (Å²) in [6.45, 7) is 0.374. The fourth-order valence-corrected chi connectivity index (χ4v) is 2.41. The van der Waals surface area contributed by atoms with E-state index in [2.05, 4.69) is 10.3 Å². The highest BCUT2D eigenvalue weighted by molar-refractivity contribution is 6.05. The lowest BCUT2D eigenvalue weighted by Gasteiger charge is -2.35. The van der Waals surface area contributed by atoms with Crippen LogP contribution in [0.25, 0.3) is 0 Å². The van der Waals surface area contributed by atoms with Gasteiger partial charge in [0.2, 0.25) is 0 Å². The molecule has 1 aliphatic rings. The molecular weight excluding hydrogens is 271 g/mol. The number of benzene rings is 1. The fraction of sp³-hybridized carbons (Fsp3) is 0.200. The summed E-state index contributed by atoms with van der Waals surface area (Å²) in [7, 11) is 3.48. The van der Waals surface area contributed by atoms with Crippen LogP contribution in [0.2, 0.25) is 0 Å². The summed E-state index contributed by atoms with van der Waals surface area (Å²) in [6, 6.07) is 7.66. The summed E-state index contributed by atoms with van der Waals surface area (Å²) in [5.41, 5.74) is 2.27. The molecule has 1 aromatic carbocycles. The van der Waals surface area contributed by atoms with E-state index in [9.17, 15) is 9.18 Å². The van der Waals surface area contributed by atoms with E-state index in [4.69, 9.17) is 0 Å². The summed E-state index contributed by atoms with van der Waals surface area (Å²) in [4.78, 5) is 19.8. The molecule has 3 rings (SSSR count). The van der Waals surface area contributed by atoms with Gasteiger partial charge in [0.05, 0.1) is 12.2 Å². The maximum atomic E-state index is 13.4. The van der Waals surface area contributed by atoms with Gasteiger partial charge in [0.15, 0.2) is 0 Å². The van der Waals surface area contributed by atoms with Gasteiger partial charge in [-0.2, -0.15) is 0 Å². The van der Waals surface area contributed by atoms with Crippen molar-refractivity contribution in [2.45, 2.75) is 6.54 Å². The monoisotopic (exact) mass is 286 g/mol. The van der Waals surface area contributed by atoms with Crippen LogP contribution in [-0.4, -0.2) is 25.1 Å². The van der Waals surface area contributed by atoms with Crippen LogP contribution in [0.15, 0.2) is 36.5 Å². The minimum absolute atomic E-state index is 0.193. The van der Waals surface area contributed by atoms with Crippen LogP contribution < -0.4 is 15.1 Å². The van der Waals surface area contributed by atoms with E-state index in [0.717, 1.165) is 11.3 Å². The average molecular weight is 286 g/mol. The summed E-state index contributed by atoms with van der Waals surface area (Å²) >= 11 is 0. The van der Waals surface area contributed by atoms with Crippen LogP contribution >= 0.6 is 0 Å². The molecule has 0 fully saturated rings. The molecule has 6 heteroatoms. The number of anilines is 3. The Morgan fingerprint density at radius 2 is 2.14 bits per heavy atom. The molecular formula is C15H15FN4O. The number of hydrogen-bond acceptors (Lipinski definition) is 3. The zero-order valence-electron chi connectivity index (χ0n) is 11.8. The number of fused-ring (bicyclic) bond motifs is 1. The maximum Gasteiger partial charge on any atom is 0.329 e. The molecule has 0 aliphatic carbocycles. The van der Waals surface area contributed by atoms with E-state index in [1.54, 1.807) is 37.3 Å². The predicted octanol–water partition coefficient (Wildman–Crippen LogP) is 2.84. The lowest BCUT2D eigenvalue weighted by Crippen LogP contribution is -2.45.